The van der Waals surface area contributed by atoms with Crippen LogP contribution in [0.15, 0.2) is 0 Å². The summed E-state index contributed by atoms with van der Waals surface area (Å²) in [5, 5.41) is 0. The molecule has 0 atom stereocenters. The lowest BCUT2D eigenvalue weighted by Crippen LogP contribution is -2.50. The Bertz CT molecular complexity index is 380. The van der Waals surface area contributed by atoms with Crippen molar-refractivity contribution < 1.29 is 26.7 Å². The molecule has 0 aromatic carbocycles. The summed E-state index contributed by atoms with van der Waals surface area (Å²) in [4.78, 5) is 12.8. The summed E-state index contributed by atoms with van der Waals surface area (Å²) < 4.78 is 52.2. The normalized spacial score (nSPS) is 19.1. The highest BCUT2D eigenvalue weighted by Crippen LogP contribution is 2.14. The third-order valence-corrected chi connectivity index (χ3v) is 4.31. The summed E-state index contributed by atoms with van der Waals surface area (Å²) in [6.07, 6.45) is 0.206. The highest BCUT2D eigenvalue weighted by molar-refractivity contribution is 7.89. The van der Waals surface area contributed by atoms with Crippen LogP contribution in [0.2, 0.25) is 0 Å². The van der Waals surface area contributed by atoms with Gasteiger partial charge in [0.15, 0.2) is 0 Å². The average Bonchev–Trinajstić information content (AvgIpc) is 2.36. The first kappa shape index (κ1) is 15.3. The maximum Gasteiger partial charge on any atom is 0.350 e. The van der Waals surface area contributed by atoms with Crippen molar-refractivity contribution in [2.24, 2.45) is 0 Å². The zero-order valence-electron chi connectivity index (χ0n) is 10.0. The predicted molar refractivity (Wildman–Crippen MR) is 59.6 cm³/mol. The van der Waals surface area contributed by atoms with E-state index in [-0.39, 0.29) is 25.5 Å². The van der Waals surface area contributed by atoms with E-state index in [4.69, 9.17) is 0 Å². The monoisotopic (exact) mass is 286 g/mol. The van der Waals surface area contributed by atoms with Gasteiger partial charge in [0.05, 0.1) is 13.5 Å². The van der Waals surface area contributed by atoms with Gasteiger partial charge in [-0.15, -0.1) is 0 Å². The molecule has 9 heteroatoms. The van der Waals surface area contributed by atoms with Gasteiger partial charge in [-0.3, -0.25) is 4.79 Å². The van der Waals surface area contributed by atoms with E-state index in [0.29, 0.717) is 19.6 Å². The second-order valence-electron chi connectivity index (χ2n) is 3.87. The molecule has 1 heterocycles. The molecule has 0 N–H and O–H groups in total. The Hall–Kier alpha value is -0.800. The highest BCUT2D eigenvalue weighted by atomic mass is 32.2. The van der Waals surface area contributed by atoms with Crippen LogP contribution in [0.5, 0.6) is 0 Å². The largest absolute Gasteiger partial charge is 0.469 e. The first-order valence-corrected chi connectivity index (χ1v) is 6.94. The number of nitrogens with zero attached hydrogens (tertiary/aromatic N) is 2. The van der Waals surface area contributed by atoms with Crippen molar-refractivity contribution in [1.82, 2.24) is 9.21 Å². The minimum Gasteiger partial charge on any atom is -0.469 e. The Morgan fingerprint density at radius 2 is 1.83 bits per heavy atom. The number of carbonyl (C=O) groups is 1. The van der Waals surface area contributed by atoms with Gasteiger partial charge in [-0.25, -0.2) is 8.42 Å². The molecule has 0 radical (unpaired) electrons. The minimum absolute atomic E-state index is 0.0217. The molecular formula is C9H16F2N2O4S. The minimum atomic E-state index is -4.48. The molecule has 106 valence electrons. The molecule has 0 unspecified atom stereocenters. The van der Waals surface area contributed by atoms with Crippen molar-refractivity contribution >= 4 is 16.0 Å². The number of rotatable bonds is 5. The van der Waals surface area contributed by atoms with Crippen LogP contribution in [0.1, 0.15) is 6.42 Å². The first-order valence-electron chi connectivity index (χ1n) is 5.44. The fourth-order valence-electron chi connectivity index (χ4n) is 1.67. The van der Waals surface area contributed by atoms with Crippen molar-refractivity contribution in [2.75, 3.05) is 39.8 Å². The van der Waals surface area contributed by atoms with Crippen LogP contribution in [-0.2, 0) is 19.6 Å². The summed E-state index contributed by atoms with van der Waals surface area (Å²) in [7, 11) is -3.19. The van der Waals surface area contributed by atoms with Gasteiger partial charge in [-0.1, -0.05) is 0 Å². The van der Waals surface area contributed by atoms with Gasteiger partial charge in [0.25, 0.3) is 10.0 Å². The summed E-state index contributed by atoms with van der Waals surface area (Å²) in [6.45, 7) is 1.16. The molecule has 18 heavy (non-hydrogen) atoms. The maximum absolute atomic E-state index is 12.3. The van der Waals surface area contributed by atoms with E-state index in [1.165, 1.54) is 7.11 Å². The zero-order chi connectivity index (χ0) is 13.8. The Morgan fingerprint density at radius 3 is 2.28 bits per heavy atom. The van der Waals surface area contributed by atoms with E-state index in [1.807, 2.05) is 4.90 Å². The third-order valence-electron chi connectivity index (χ3n) is 2.78. The predicted octanol–water partition coefficient (Wildman–Crippen LogP) is -0.280. The van der Waals surface area contributed by atoms with Crippen LogP contribution in [0.3, 0.4) is 0 Å². The summed E-state index contributed by atoms with van der Waals surface area (Å²) >= 11 is 0. The topological polar surface area (TPSA) is 66.9 Å². The van der Waals surface area contributed by atoms with Crippen LogP contribution in [0.25, 0.3) is 0 Å². The molecular weight excluding hydrogens is 270 g/mol. The lowest BCUT2D eigenvalue weighted by molar-refractivity contribution is -0.141. The average molecular weight is 286 g/mol. The molecule has 6 nitrogen and oxygen atoms in total. The number of methoxy groups -OCH3 is 1. The number of hydrogen-bond donors (Lipinski definition) is 0. The van der Waals surface area contributed by atoms with Crippen molar-refractivity contribution in [3.63, 3.8) is 0 Å². The molecule has 1 saturated heterocycles. The molecule has 0 spiro atoms. The molecule has 0 aromatic heterocycles. The highest BCUT2D eigenvalue weighted by Gasteiger charge is 2.34. The van der Waals surface area contributed by atoms with E-state index < -0.39 is 15.8 Å². The summed E-state index contributed by atoms with van der Waals surface area (Å²) in [6, 6.07) is 0. The SMILES string of the molecule is COC(=O)CCN1CCN(S(=O)(=O)C(F)F)CC1. The molecule has 0 bridgehead atoms. The molecule has 0 aliphatic carbocycles. The quantitative estimate of drug-likeness (QED) is 0.650. The van der Waals surface area contributed by atoms with E-state index in [1.54, 1.807) is 0 Å². The zero-order valence-corrected chi connectivity index (χ0v) is 10.8. The number of carbonyl (C=O) groups excluding carboxylic acids is 1. The van der Waals surface area contributed by atoms with Crippen molar-refractivity contribution in [3.05, 3.63) is 0 Å². The molecule has 0 amide bonds. The Kier molecular flexibility index (Phi) is 5.42. The summed E-state index contributed by atoms with van der Waals surface area (Å²) in [5.41, 5.74) is 0. The standard InChI is InChI=1S/C9H16F2N2O4S/c1-17-8(14)2-3-12-4-6-13(7-5-12)18(15,16)9(10)11/h9H,2-7H2,1H3. The van der Waals surface area contributed by atoms with Crippen molar-refractivity contribution in [1.29, 1.82) is 0 Å². The fraction of sp³-hybridized carbons (Fsp3) is 0.889. The maximum atomic E-state index is 12.3. The molecule has 1 aliphatic rings. The van der Waals surface area contributed by atoms with Gasteiger partial charge >= 0.3 is 11.7 Å². The number of piperazine rings is 1. The Balaban J connectivity index is 2.40. The second-order valence-corrected chi connectivity index (χ2v) is 5.78. The number of sulfonamides is 1. The Labute approximate surface area is 105 Å². The van der Waals surface area contributed by atoms with E-state index in [0.717, 1.165) is 4.31 Å². The van der Waals surface area contributed by atoms with Crippen LogP contribution in [0, 0.1) is 0 Å². The van der Waals surface area contributed by atoms with Gasteiger partial charge in [-0.05, 0) is 0 Å². The van der Waals surface area contributed by atoms with Gasteiger partial charge < -0.3 is 9.64 Å². The van der Waals surface area contributed by atoms with Crippen LogP contribution >= 0.6 is 0 Å². The smallest absolute Gasteiger partial charge is 0.350 e. The number of esters is 1. The van der Waals surface area contributed by atoms with Gasteiger partial charge in [0.2, 0.25) is 0 Å². The van der Waals surface area contributed by atoms with Crippen molar-refractivity contribution in [3.8, 4) is 0 Å². The van der Waals surface area contributed by atoms with Crippen LogP contribution in [0.4, 0.5) is 8.78 Å². The lowest BCUT2D eigenvalue weighted by Gasteiger charge is -2.33. The molecule has 1 rings (SSSR count). The van der Waals surface area contributed by atoms with E-state index in [9.17, 15) is 22.0 Å². The van der Waals surface area contributed by atoms with E-state index in [2.05, 4.69) is 4.74 Å². The number of ether oxygens (including phenoxy) is 1. The van der Waals surface area contributed by atoms with Gasteiger partial charge in [0.1, 0.15) is 0 Å². The second kappa shape index (κ2) is 6.39. The van der Waals surface area contributed by atoms with Crippen LogP contribution in [-0.4, -0.2) is 69.2 Å². The molecule has 0 saturated carbocycles. The molecule has 0 aromatic rings. The lowest BCUT2D eigenvalue weighted by atomic mass is 10.3. The summed E-state index contributed by atoms with van der Waals surface area (Å²) in [5.74, 6) is -3.73. The Morgan fingerprint density at radius 1 is 1.28 bits per heavy atom. The first-order chi connectivity index (χ1) is 8.37. The number of hydrogen-bond acceptors (Lipinski definition) is 5. The molecule has 1 aliphatic heterocycles. The van der Waals surface area contributed by atoms with Gasteiger partial charge in [-0.2, -0.15) is 13.1 Å². The third kappa shape index (κ3) is 3.85. The number of alkyl halides is 2. The van der Waals surface area contributed by atoms with Crippen molar-refractivity contribution in [2.45, 2.75) is 12.2 Å². The molecule has 1 fully saturated rings. The number of halogens is 2. The van der Waals surface area contributed by atoms with Gasteiger partial charge in [0, 0.05) is 32.7 Å². The van der Waals surface area contributed by atoms with E-state index >= 15 is 0 Å². The fourth-order valence-corrected chi connectivity index (χ4v) is 2.57. The van der Waals surface area contributed by atoms with Crippen LogP contribution < -0.4 is 0 Å².